The fourth-order valence-electron chi connectivity index (χ4n) is 3.02. The first kappa shape index (κ1) is 26.5. The minimum absolute atomic E-state index is 0.118. The van der Waals surface area contributed by atoms with Crippen molar-refractivity contribution < 1.29 is 9.59 Å². The smallest absolute Gasteiger partial charge is 0.252 e. The molecule has 0 aliphatic rings. The van der Waals surface area contributed by atoms with Gasteiger partial charge in [-0.1, -0.05) is 65.5 Å². The highest BCUT2D eigenvalue weighted by molar-refractivity contribution is 6.67. The van der Waals surface area contributed by atoms with Gasteiger partial charge in [0, 0.05) is 51.1 Å². The molecule has 1 unspecified atom stereocenters. The Morgan fingerprint density at radius 2 is 1.29 bits per heavy atom. The third-order valence-electron chi connectivity index (χ3n) is 5.06. The van der Waals surface area contributed by atoms with Gasteiger partial charge in [-0.15, -0.1) is 0 Å². The first-order valence-electron chi connectivity index (χ1n) is 10.1. The van der Waals surface area contributed by atoms with Crippen molar-refractivity contribution in [1.29, 1.82) is 0 Å². The summed E-state index contributed by atoms with van der Waals surface area (Å²) in [6.07, 6.45) is 3.85. The van der Waals surface area contributed by atoms with E-state index in [1.54, 1.807) is 36.4 Å². The van der Waals surface area contributed by atoms with Crippen molar-refractivity contribution in [1.82, 2.24) is 15.3 Å². The summed E-state index contributed by atoms with van der Waals surface area (Å²) in [6.45, 7) is 3.98. The molecule has 5 nitrogen and oxygen atoms in total. The van der Waals surface area contributed by atoms with E-state index in [9.17, 15) is 9.59 Å². The predicted octanol–water partition coefficient (Wildman–Crippen LogP) is 7.99. The normalized spacial score (nSPS) is 11.6. The lowest BCUT2D eigenvalue weighted by atomic mass is 10.1. The van der Waals surface area contributed by atoms with E-state index in [4.69, 9.17) is 58.0 Å². The maximum Gasteiger partial charge on any atom is 0.252 e. The van der Waals surface area contributed by atoms with Crippen molar-refractivity contribution in [3.63, 3.8) is 0 Å². The molecule has 0 radical (unpaired) electrons. The number of hydrogen-bond donors (Lipinski definition) is 1. The minimum atomic E-state index is -0.534. The molecule has 4 rings (SSSR count). The van der Waals surface area contributed by atoms with Gasteiger partial charge in [-0.25, -0.2) is 9.97 Å². The molecule has 0 fully saturated rings. The van der Waals surface area contributed by atoms with E-state index in [1.807, 2.05) is 13.8 Å². The van der Waals surface area contributed by atoms with Crippen molar-refractivity contribution >= 4 is 90.7 Å². The third-order valence-corrected chi connectivity index (χ3v) is 6.48. The lowest BCUT2D eigenvalue weighted by Crippen LogP contribution is -2.31. The summed E-state index contributed by atoms with van der Waals surface area (Å²) in [5.41, 5.74) is 0.925. The van der Waals surface area contributed by atoms with Crippen LogP contribution in [0.3, 0.4) is 0 Å². The largest absolute Gasteiger partial charge is 0.350 e. The SMILES string of the molecule is CCC(C)NC(=O)c1ccc2c(Cl)cnc(Cl)c2c1.O=C(Cl)c1ccc2c(Cl)cnc(Cl)c2c1. The molecule has 2 heterocycles. The van der Waals surface area contributed by atoms with Gasteiger partial charge in [0.15, 0.2) is 0 Å². The Balaban J connectivity index is 0.000000196. The molecule has 0 spiro atoms. The molecular formula is C24H18Cl5N3O2. The van der Waals surface area contributed by atoms with Gasteiger partial charge in [0.1, 0.15) is 10.3 Å². The molecule has 0 aliphatic carbocycles. The molecule has 10 heteroatoms. The van der Waals surface area contributed by atoms with Gasteiger partial charge in [0.25, 0.3) is 11.1 Å². The molecule has 4 aromatic rings. The molecule has 1 N–H and O–H groups in total. The number of carbonyl (C=O) groups is 2. The number of carbonyl (C=O) groups excluding carboxylic acids is 2. The quantitative estimate of drug-likeness (QED) is 0.204. The monoisotopic (exact) mass is 555 g/mol. The first-order valence-corrected chi connectivity index (χ1v) is 12.0. The molecular weight excluding hydrogens is 540 g/mol. The van der Waals surface area contributed by atoms with Gasteiger partial charge in [-0.05, 0) is 49.2 Å². The molecule has 0 saturated carbocycles. The topological polar surface area (TPSA) is 72.0 Å². The summed E-state index contributed by atoms with van der Waals surface area (Å²) in [5, 5.41) is 6.88. The summed E-state index contributed by atoms with van der Waals surface area (Å²) in [6, 6.07) is 10.2. The Morgan fingerprint density at radius 3 is 1.76 bits per heavy atom. The summed E-state index contributed by atoms with van der Waals surface area (Å²) in [5.74, 6) is -0.118. The molecule has 2 aromatic carbocycles. The number of nitrogens with one attached hydrogen (secondary N) is 1. The van der Waals surface area contributed by atoms with Crippen LogP contribution in [0.5, 0.6) is 0 Å². The van der Waals surface area contributed by atoms with Gasteiger partial charge in [0.05, 0.1) is 10.0 Å². The van der Waals surface area contributed by atoms with Crippen LogP contribution in [-0.4, -0.2) is 27.2 Å². The highest BCUT2D eigenvalue weighted by Gasteiger charge is 2.12. The molecule has 0 aliphatic heterocycles. The van der Waals surface area contributed by atoms with Crippen molar-refractivity contribution in [3.05, 3.63) is 80.3 Å². The Kier molecular flexibility index (Phi) is 8.96. The molecule has 176 valence electrons. The second-order valence-corrected chi connectivity index (χ2v) is 9.24. The number of hydrogen-bond acceptors (Lipinski definition) is 4. The Labute approximate surface area is 221 Å². The third kappa shape index (κ3) is 6.09. The molecule has 1 atom stereocenters. The van der Waals surface area contributed by atoms with Gasteiger partial charge < -0.3 is 5.32 Å². The molecule has 34 heavy (non-hydrogen) atoms. The minimum Gasteiger partial charge on any atom is -0.350 e. The standard InChI is InChI=1S/C14H14Cl2N2O.C10H4Cl3NO/c1-3-8(2)18-14(19)9-4-5-10-11(6-9)13(16)17-7-12(10)15;11-8-4-14-9(12)7-3-5(10(13)15)1-2-6(7)8/h4-8H,3H2,1-2H3,(H,18,19);1-4H. The highest BCUT2D eigenvalue weighted by Crippen LogP contribution is 2.29. The lowest BCUT2D eigenvalue weighted by molar-refractivity contribution is 0.0939. The van der Waals surface area contributed by atoms with Gasteiger partial charge >= 0.3 is 0 Å². The second-order valence-electron chi connectivity index (χ2n) is 7.37. The zero-order valence-corrected chi connectivity index (χ0v) is 21.8. The molecule has 1 amide bonds. The Bertz CT molecular complexity index is 1390. The van der Waals surface area contributed by atoms with Crippen LogP contribution in [0.4, 0.5) is 0 Å². The Hall–Kier alpha value is -2.15. The van der Waals surface area contributed by atoms with Gasteiger partial charge in [-0.2, -0.15) is 0 Å². The van der Waals surface area contributed by atoms with E-state index in [2.05, 4.69) is 15.3 Å². The summed E-state index contributed by atoms with van der Waals surface area (Å²) in [7, 11) is 0. The van der Waals surface area contributed by atoms with E-state index in [1.165, 1.54) is 12.4 Å². The van der Waals surface area contributed by atoms with Crippen LogP contribution in [-0.2, 0) is 0 Å². The molecule has 0 saturated heterocycles. The molecule has 0 bridgehead atoms. The Morgan fingerprint density at radius 1 is 0.824 bits per heavy atom. The van der Waals surface area contributed by atoms with Gasteiger partial charge in [0.2, 0.25) is 0 Å². The number of nitrogens with zero attached hydrogens (tertiary/aromatic N) is 2. The number of aromatic nitrogens is 2. The number of pyridine rings is 2. The number of fused-ring (bicyclic) bond motifs is 2. The number of halogens is 5. The van der Waals surface area contributed by atoms with E-state index >= 15 is 0 Å². The summed E-state index contributed by atoms with van der Waals surface area (Å²) >= 11 is 29.2. The fraction of sp³-hybridized carbons (Fsp3) is 0.167. The van der Waals surface area contributed by atoms with E-state index in [0.29, 0.717) is 42.3 Å². The van der Waals surface area contributed by atoms with Crippen LogP contribution >= 0.6 is 58.0 Å². The predicted molar refractivity (Wildman–Crippen MR) is 141 cm³/mol. The van der Waals surface area contributed by atoms with Crippen molar-refractivity contribution in [3.8, 4) is 0 Å². The van der Waals surface area contributed by atoms with Crippen molar-refractivity contribution in [2.45, 2.75) is 26.3 Å². The van der Waals surface area contributed by atoms with Gasteiger partial charge in [-0.3, -0.25) is 9.59 Å². The second kappa shape index (κ2) is 11.5. The summed E-state index contributed by atoms with van der Waals surface area (Å²) < 4.78 is 0. The van der Waals surface area contributed by atoms with E-state index in [-0.39, 0.29) is 11.9 Å². The van der Waals surface area contributed by atoms with E-state index in [0.717, 1.165) is 17.2 Å². The maximum absolute atomic E-state index is 12.0. The number of rotatable bonds is 4. The first-order chi connectivity index (χ1) is 16.1. The average Bonchev–Trinajstić information content (AvgIpc) is 2.83. The van der Waals surface area contributed by atoms with Crippen LogP contribution < -0.4 is 5.32 Å². The van der Waals surface area contributed by atoms with Crippen LogP contribution in [0.1, 0.15) is 41.0 Å². The summed E-state index contributed by atoms with van der Waals surface area (Å²) in [4.78, 5) is 30.9. The van der Waals surface area contributed by atoms with Crippen LogP contribution in [0, 0.1) is 0 Å². The molecule has 2 aromatic heterocycles. The maximum atomic E-state index is 12.0. The fourth-order valence-corrected chi connectivity index (χ4v) is 3.98. The van der Waals surface area contributed by atoms with Crippen molar-refractivity contribution in [2.24, 2.45) is 0 Å². The highest BCUT2D eigenvalue weighted by atomic mass is 35.5. The van der Waals surface area contributed by atoms with Crippen LogP contribution in [0.25, 0.3) is 21.5 Å². The number of amides is 1. The zero-order valence-electron chi connectivity index (χ0n) is 18.0. The average molecular weight is 558 g/mol. The van der Waals surface area contributed by atoms with Crippen LogP contribution in [0.2, 0.25) is 20.4 Å². The lowest BCUT2D eigenvalue weighted by Gasteiger charge is -2.12. The van der Waals surface area contributed by atoms with E-state index < -0.39 is 5.24 Å². The number of benzene rings is 2. The van der Waals surface area contributed by atoms with Crippen LogP contribution in [0.15, 0.2) is 48.8 Å². The zero-order chi connectivity index (χ0) is 25.0. The van der Waals surface area contributed by atoms with Crippen molar-refractivity contribution in [2.75, 3.05) is 0 Å².